The summed E-state index contributed by atoms with van der Waals surface area (Å²) in [7, 11) is 1.50. The molecular weight excluding hydrogens is 390 g/mol. The van der Waals surface area contributed by atoms with E-state index in [0.29, 0.717) is 5.92 Å². The summed E-state index contributed by atoms with van der Waals surface area (Å²) in [6, 6.07) is 2.30. The molecule has 0 amide bonds. The maximum Gasteiger partial charge on any atom is 2.00 e. The van der Waals surface area contributed by atoms with Crippen molar-refractivity contribution in [2.45, 2.75) is 32.1 Å². The van der Waals surface area contributed by atoms with Crippen LogP contribution < -0.4 is 30.5 Å². The van der Waals surface area contributed by atoms with Crippen molar-refractivity contribution in [2.24, 2.45) is 11.7 Å². The van der Waals surface area contributed by atoms with Crippen molar-refractivity contribution in [3.05, 3.63) is 0 Å². The van der Waals surface area contributed by atoms with Crippen molar-refractivity contribution in [1.82, 2.24) is 0 Å². The third-order valence-corrected chi connectivity index (χ3v) is 1.79. The van der Waals surface area contributed by atoms with Gasteiger partial charge < -0.3 is 30.5 Å². The molecule has 0 saturated heterocycles. The van der Waals surface area contributed by atoms with Gasteiger partial charge in [0.25, 0.3) is 0 Å². The molecule has 0 aromatic carbocycles. The fourth-order valence-corrected chi connectivity index (χ4v) is 1.23. The van der Waals surface area contributed by atoms with Crippen LogP contribution in [-0.4, -0.2) is 7.05 Å². The zero-order valence-corrected chi connectivity index (χ0v) is 11.5. The average Bonchev–Trinajstić information content (AvgIpc) is 2.10. The van der Waals surface area contributed by atoms with Gasteiger partial charge in [-0.2, -0.15) is 5.26 Å². The SMILES string of the molecule is CN.N#CC1CCCCC1.[Cl-].[Cl-].[Pt+2]. The van der Waals surface area contributed by atoms with Gasteiger partial charge in [-0.3, -0.25) is 0 Å². The van der Waals surface area contributed by atoms with E-state index < -0.39 is 0 Å². The molecule has 2 nitrogen and oxygen atoms in total. The maximum atomic E-state index is 8.44. The number of halogens is 2. The second-order valence-corrected chi connectivity index (χ2v) is 2.46. The molecule has 1 fully saturated rings. The predicted molar refractivity (Wildman–Crippen MR) is 42.3 cm³/mol. The Morgan fingerprint density at radius 1 is 1.08 bits per heavy atom. The Labute approximate surface area is 108 Å². The molecule has 0 aromatic heterocycles. The molecule has 0 bridgehead atoms. The topological polar surface area (TPSA) is 49.8 Å². The average molecular weight is 406 g/mol. The van der Waals surface area contributed by atoms with Crippen molar-refractivity contribution >= 4 is 0 Å². The maximum absolute atomic E-state index is 8.44. The molecule has 0 atom stereocenters. The minimum absolute atomic E-state index is 0. The van der Waals surface area contributed by atoms with Crippen molar-refractivity contribution in [3.8, 4) is 6.07 Å². The molecule has 0 unspecified atom stereocenters. The summed E-state index contributed by atoms with van der Waals surface area (Å²) in [5.74, 6) is 0.392. The Balaban J connectivity index is -0.0000000761. The number of nitrogens with zero attached hydrogens (tertiary/aromatic N) is 1. The van der Waals surface area contributed by atoms with Gasteiger partial charge in [0.1, 0.15) is 0 Å². The first-order chi connectivity index (χ1) is 4.93. The Kier molecular flexibility index (Phi) is 33.4. The molecule has 2 N–H and O–H groups in total. The Morgan fingerprint density at radius 2 is 1.46 bits per heavy atom. The van der Waals surface area contributed by atoms with Gasteiger partial charge in [-0.15, -0.1) is 0 Å². The summed E-state index contributed by atoms with van der Waals surface area (Å²) in [4.78, 5) is 0. The van der Waals surface area contributed by atoms with Crippen molar-refractivity contribution < 1.29 is 45.9 Å². The van der Waals surface area contributed by atoms with Crippen LogP contribution in [0.15, 0.2) is 0 Å². The van der Waals surface area contributed by atoms with Crippen LogP contribution in [0.5, 0.6) is 0 Å². The number of hydrogen-bond acceptors (Lipinski definition) is 2. The Hall–Kier alpha value is 0.718. The van der Waals surface area contributed by atoms with E-state index in [2.05, 4.69) is 11.8 Å². The zero-order chi connectivity index (χ0) is 7.82. The quantitative estimate of drug-likeness (QED) is 0.443. The normalized spacial score (nSPS) is 14.2. The van der Waals surface area contributed by atoms with Crippen molar-refractivity contribution in [1.29, 1.82) is 5.26 Å². The number of hydrogen-bond donors (Lipinski definition) is 1. The van der Waals surface area contributed by atoms with Gasteiger partial charge in [0.05, 0.1) is 6.07 Å². The molecule has 5 heteroatoms. The fourth-order valence-electron chi connectivity index (χ4n) is 1.23. The number of nitriles is 1. The minimum atomic E-state index is 0. The van der Waals surface area contributed by atoms with Gasteiger partial charge in [-0.25, -0.2) is 0 Å². The summed E-state index contributed by atoms with van der Waals surface area (Å²) < 4.78 is 0. The van der Waals surface area contributed by atoms with E-state index in [1.165, 1.54) is 26.3 Å². The Morgan fingerprint density at radius 3 is 1.69 bits per heavy atom. The molecule has 0 heterocycles. The van der Waals surface area contributed by atoms with Crippen molar-refractivity contribution in [2.75, 3.05) is 7.05 Å². The standard InChI is InChI=1S/C7H11N.CH5N.2ClH.Pt/c8-6-7-4-2-1-3-5-7;1-2;;;/h7H,1-5H2;2H2,1H3;2*1H;/q;;;;+2/p-2. The van der Waals surface area contributed by atoms with Gasteiger partial charge in [0.2, 0.25) is 0 Å². The first-order valence-corrected chi connectivity index (χ1v) is 3.91. The van der Waals surface area contributed by atoms with E-state index in [0.717, 1.165) is 12.8 Å². The van der Waals surface area contributed by atoms with E-state index in [-0.39, 0.29) is 45.9 Å². The van der Waals surface area contributed by atoms with Gasteiger partial charge in [0.15, 0.2) is 0 Å². The van der Waals surface area contributed by atoms with Crippen LogP contribution in [0.1, 0.15) is 32.1 Å². The predicted octanol–water partition coefficient (Wildman–Crippen LogP) is -4.33. The molecule has 13 heavy (non-hydrogen) atoms. The monoisotopic (exact) mass is 405 g/mol. The van der Waals surface area contributed by atoms with E-state index in [9.17, 15) is 0 Å². The summed E-state index contributed by atoms with van der Waals surface area (Å²) >= 11 is 0. The first kappa shape index (κ1) is 23.5. The second-order valence-electron chi connectivity index (χ2n) is 2.46. The van der Waals surface area contributed by atoms with Gasteiger partial charge >= 0.3 is 21.1 Å². The molecule has 1 aliphatic rings. The molecule has 1 saturated carbocycles. The van der Waals surface area contributed by atoms with Crippen LogP contribution in [0.25, 0.3) is 0 Å². The fraction of sp³-hybridized carbons (Fsp3) is 0.875. The van der Waals surface area contributed by atoms with Crippen molar-refractivity contribution in [3.63, 3.8) is 0 Å². The van der Waals surface area contributed by atoms with E-state index in [1.807, 2.05) is 0 Å². The largest absolute Gasteiger partial charge is 2.00 e. The summed E-state index contributed by atoms with van der Waals surface area (Å²) in [6.45, 7) is 0. The van der Waals surface area contributed by atoms with Crippen LogP contribution in [0, 0.1) is 17.2 Å². The van der Waals surface area contributed by atoms with Crippen LogP contribution in [0.4, 0.5) is 0 Å². The summed E-state index contributed by atoms with van der Waals surface area (Å²) in [6.07, 6.45) is 6.20. The van der Waals surface area contributed by atoms with E-state index in [4.69, 9.17) is 5.26 Å². The Bertz CT molecular complexity index is 111. The first-order valence-electron chi connectivity index (χ1n) is 3.91. The number of nitrogens with two attached hydrogens (primary N) is 1. The van der Waals surface area contributed by atoms with Gasteiger partial charge in [0, 0.05) is 5.92 Å². The molecule has 1 rings (SSSR count). The van der Waals surface area contributed by atoms with Crippen LogP contribution >= 0.6 is 0 Å². The van der Waals surface area contributed by atoms with E-state index >= 15 is 0 Å². The van der Waals surface area contributed by atoms with Gasteiger partial charge in [-0.05, 0) is 19.9 Å². The van der Waals surface area contributed by atoms with E-state index in [1.54, 1.807) is 0 Å². The smallest absolute Gasteiger partial charge is 1.00 e. The van der Waals surface area contributed by atoms with Crippen LogP contribution in [-0.2, 0) is 21.1 Å². The third kappa shape index (κ3) is 12.7. The molecule has 0 aliphatic heterocycles. The van der Waals surface area contributed by atoms with Gasteiger partial charge in [-0.1, -0.05) is 19.3 Å². The van der Waals surface area contributed by atoms with Crippen LogP contribution in [0.3, 0.4) is 0 Å². The molecule has 82 valence electrons. The molecule has 1 aliphatic carbocycles. The zero-order valence-electron chi connectivity index (χ0n) is 7.71. The molecule has 0 spiro atoms. The summed E-state index contributed by atoms with van der Waals surface area (Å²) in [5.41, 5.74) is 4.50. The number of rotatable bonds is 0. The second kappa shape index (κ2) is 18.5. The summed E-state index contributed by atoms with van der Waals surface area (Å²) in [5, 5.41) is 8.44. The molecular formula is C8H16Cl2N2Pt. The molecule has 0 aromatic rings. The molecule has 0 radical (unpaired) electrons. The van der Waals surface area contributed by atoms with Crippen LogP contribution in [0.2, 0.25) is 0 Å². The minimum Gasteiger partial charge on any atom is -1.00 e. The third-order valence-electron chi connectivity index (χ3n) is 1.79.